The average Bonchev–Trinajstić information content (AvgIpc) is 2.65. The molecular formula is C19H25N5O. The normalized spacial score (nSPS) is 15.2. The van der Waals surface area contributed by atoms with E-state index >= 15 is 0 Å². The number of benzene rings is 1. The molecule has 132 valence electrons. The molecule has 1 amide bonds. The lowest BCUT2D eigenvalue weighted by Gasteiger charge is -2.34. The van der Waals surface area contributed by atoms with Crippen LogP contribution in [-0.4, -0.2) is 53.5 Å². The lowest BCUT2D eigenvalue weighted by atomic mass is 10.1. The molecule has 2 heterocycles. The lowest BCUT2D eigenvalue weighted by Crippen LogP contribution is -2.47. The van der Waals surface area contributed by atoms with Gasteiger partial charge in [-0.2, -0.15) is 0 Å². The van der Waals surface area contributed by atoms with E-state index in [1.165, 1.54) is 5.56 Å². The highest BCUT2D eigenvalue weighted by atomic mass is 16.1. The summed E-state index contributed by atoms with van der Waals surface area (Å²) in [5.41, 5.74) is 3.24. The number of anilines is 2. The quantitative estimate of drug-likeness (QED) is 0.905. The number of amides is 1. The van der Waals surface area contributed by atoms with E-state index in [-0.39, 0.29) is 5.91 Å². The Labute approximate surface area is 148 Å². The Balaban J connectivity index is 1.44. The summed E-state index contributed by atoms with van der Waals surface area (Å²) < 4.78 is 0. The van der Waals surface area contributed by atoms with Gasteiger partial charge in [-0.15, -0.1) is 0 Å². The predicted molar refractivity (Wildman–Crippen MR) is 99.8 cm³/mol. The van der Waals surface area contributed by atoms with Crippen LogP contribution in [0.15, 0.2) is 36.7 Å². The third kappa shape index (κ3) is 4.54. The van der Waals surface area contributed by atoms with Gasteiger partial charge in [0.2, 0.25) is 11.9 Å². The van der Waals surface area contributed by atoms with E-state index in [1.807, 2.05) is 25.1 Å². The first-order valence-corrected chi connectivity index (χ1v) is 8.74. The van der Waals surface area contributed by atoms with Crippen LogP contribution in [0.5, 0.6) is 0 Å². The standard InChI is InChI=1S/C19H25N5O/c1-15-5-3-6-17(16(15)2)22-18(25)7-10-23-11-13-24(14-12-23)19-20-8-4-9-21-19/h3-6,8-9H,7,10-14H2,1-2H3,(H,22,25). The molecule has 0 radical (unpaired) electrons. The summed E-state index contributed by atoms with van der Waals surface area (Å²) in [6, 6.07) is 7.82. The first-order valence-electron chi connectivity index (χ1n) is 8.74. The van der Waals surface area contributed by atoms with Gasteiger partial charge in [0.05, 0.1) is 0 Å². The number of hydrogen-bond acceptors (Lipinski definition) is 5. The maximum absolute atomic E-state index is 12.2. The van der Waals surface area contributed by atoms with Gasteiger partial charge in [0.25, 0.3) is 0 Å². The van der Waals surface area contributed by atoms with Crippen LogP contribution in [-0.2, 0) is 4.79 Å². The summed E-state index contributed by atoms with van der Waals surface area (Å²) in [6.07, 6.45) is 4.05. The molecule has 3 rings (SSSR count). The number of aryl methyl sites for hydroxylation is 1. The van der Waals surface area contributed by atoms with Gasteiger partial charge in [-0.1, -0.05) is 12.1 Å². The van der Waals surface area contributed by atoms with E-state index in [9.17, 15) is 4.79 Å². The van der Waals surface area contributed by atoms with Crippen molar-refractivity contribution in [2.45, 2.75) is 20.3 Å². The molecule has 0 saturated carbocycles. The van der Waals surface area contributed by atoms with Crippen molar-refractivity contribution in [3.05, 3.63) is 47.8 Å². The average molecular weight is 339 g/mol. The number of nitrogens with zero attached hydrogens (tertiary/aromatic N) is 4. The third-order valence-electron chi connectivity index (χ3n) is 4.74. The Morgan fingerprint density at radius 3 is 2.52 bits per heavy atom. The molecule has 0 bridgehead atoms. The number of hydrogen-bond donors (Lipinski definition) is 1. The topological polar surface area (TPSA) is 61.4 Å². The molecule has 1 aromatic carbocycles. The summed E-state index contributed by atoms with van der Waals surface area (Å²) in [7, 11) is 0. The minimum absolute atomic E-state index is 0.0718. The van der Waals surface area contributed by atoms with Crippen LogP contribution in [0.4, 0.5) is 11.6 Å². The predicted octanol–water partition coefficient (Wildman–Crippen LogP) is 2.24. The molecule has 0 unspecified atom stereocenters. The Morgan fingerprint density at radius 1 is 1.08 bits per heavy atom. The van der Waals surface area contributed by atoms with Crippen molar-refractivity contribution < 1.29 is 4.79 Å². The zero-order valence-corrected chi connectivity index (χ0v) is 14.9. The number of aromatic nitrogens is 2. The molecule has 0 atom stereocenters. The highest BCUT2D eigenvalue weighted by molar-refractivity contribution is 5.91. The second-order valence-electron chi connectivity index (χ2n) is 6.42. The van der Waals surface area contributed by atoms with Crippen molar-refractivity contribution in [3.8, 4) is 0 Å². The smallest absolute Gasteiger partial charge is 0.225 e. The maximum atomic E-state index is 12.2. The summed E-state index contributed by atoms with van der Waals surface area (Å²) in [6.45, 7) is 8.51. The van der Waals surface area contributed by atoms with Crippen molar-refractivity contribution in [2.24, 2.45) is 0 Å². The number of nitrogens with one attached hydrogen (secondary N) is 1. The SMILES string of the molecule is Cc1cccc(NC(=O)CCN2CCN(c3ncccn3)CC2)c1C. The Kier molecular flexibility index (Phi) is 5.60. The molecule has 1 saturated heterocycles. The van der Waals surface area contributed by atoms with Gasteiger partial charge in [0.1, 0.15) is 0 Å². The van der Waals surface area contributed by atoms with Crippen molar-refractivity contribution >= 4 is 17.5 Å². The summed E-state index contributed by atoms with van der Waals surface area (Å²) in [4.78, 5) is 25.3. The van der Waals surface area contributed by atoms with Gasteiger partial charge < -0.3 is 10.2 Å². The van der Waals surface area contributed by atoms with Gasteiger partial charge in [-0.3, -0.25) is 9.69 Å². The molecule has 1 aliphatic heterocycles. The molecule has 1 aromatic heterocycles. The van der Waals surface area contributed by atoms with Gasteiger partial charge in [0.15, 0.2) is 0 Å². The van der Waals surface area contributed by atoms with E-state index in [0.717, 1.165) is 49.9 Å². The van der Waals surface area contributed by atoms with E-state index in [2.05, 4.69) is 38.1 Å². The van der Waals surface area contributed by atoms with Crippen molar-refractivity contribution in [2.75, 3.05) is 42.9 Å². The zero-order chi connectivity index (χ0) is 17.6. The fourth-order valence-electron chi connectivity index (χ4n) is 2.98. The molecule has 6 heteroatoms. The van der Waals surface area contributed by atoms with Crippen LogP contribution < -0.4 is 10.2 Å². The van der Waals surface area contributed by atoms with Crippen LogP contribution in [0.2, 0.25) is 0 Å². The monoisotopic (exact) mass is 339 g/mol. The first-order chi connectivity index (χ1) is 12.1. The first kappa shape index (κ1) is 17.4. The van der Waals surface area contributed by atoms with E-state index < -0.39 is 0 Å². The highest BCUT2D eigenvalue weighted by Crippen LogP contribution is 2.18. The molecule has 6 nitrogen and oxygen atoms in total. The van der Waals surface area contributed by atoms with Crippen LogP contribution in [0, 0.1) is 13.8 Å². The van der Waals surface area contributed by atoms with E-state index in [4.69, 9.17) is 0 Å². The van der Waals surface area contributed by atoms with Crippen molar-refractivity contribution in [1.82, 2.24) is 14.9 Å². The summed E-state index contributed by atoms with van der Waals surface area (Å²) in [5, 5.41) is 3.03. The highest BCUT2D eigenvalue weighted by Gasteiger charge is 2.19. The van der Waals surface area contributed by atoms with Crippen molar-refractivity contribution in [1.29, 1.82) is 0 Å². The molecule has 2 aromatic rings. The molecule has 1 N–H and O–H groups in total. The van der Waals surface area contributed by atoms with Crippen LogP contribution in [0.3, 0.4) is 0 Å². The number of carbonyl (C=O) groups is 1. The van der Waals surface area contributed by atoms with Crippen LogP contribution >= 0.6 is 0 Å². The lowest BCUT2D eigenvalue weighted by molar-refractivity contribution is -0.116. The minimum Gasteiger partial charge on any atom is -0.338 e. The van der Waals surface area contributed by atoms with Crippen molar-refractivity contribution in [3.63, 3.8) is 0 Å². The zero-order valence-electron chi connectivity index (χ0n) is 14.9. The van der Waals surface area contributed by atoms with E-state index in [1.54, 1.807) is 12.4 Å². The Bertz CT molecular complexity index is 711. The van der Waals surface area contributed by atoms with Gasteiger partial charge in [-0.05, 0) is 37.1 Å². The third-order valence-corrected chi connectivity index (χ3v) is 4.74. The maximum Gasteiger partial charge on any atom is 0.225 e. The second-order valence-corrected chi connectivity index (χ2v) is 6.42. The van der Waals surface area contributed by atoms with E-state index in [0.29, 0.717) is 6.42 Å². The van der Waals surface area contributed by atoms with Crippen LogP contribution in [0.25, 0.3) is 0 Å². The molecule has 1 aliphatic rings. The fraction of sp³-hybridized carbons (Fsp3) is 0.421. The van der Waals surface area contributed by atoms with Gasteiger partial charge in [0, 0.05) is 57.2 Å². The number of rotatable bonds is 5. The van der Waals surface area contributed by atoms with Crippen LogP contribution in [0.1, 0.15) is 17.5 Å². The summed E-state index contributed by atoms with van der Waals surface area (Å²) >= 11 is 0. The Morgan fingerprint density at radius 2 is 1.80 bits per heavy atom. The molecule has 25 heavy (non-hydrogen) atoms. The minimum atomic E-state index is 0.0718. The number of carbonyl (C=O) groups excluding carboxylic acids is 1. The number of piperazine rings is 1. The molecular weight excluding hydrogens is 314 g/mol. The second kappa shape index (κ2) is 8.07. The summed E-state index contributed by atoms with van der Waals surface area (Å²) in [5.74, 6) is 0.859. The fourth-order valence-corrected chi connectivity index (χ4v) is 2.98. The largest absolute Gasteiger partial charge is 0.338 e. The van der Waals surface area contributed by atoms with Gasteiger partial charge in [-0.25, -0.2) is 9.97 Å². The molecule has 0 spiro atoms. The molecule has 1 fully saturated rings. The molecule has 0 aliphatic carbocycles. The Hall–Kier alpha value is -2.47. The van der Waals surface area contributed by atoms with Gasteiger partial charge >= 0.3 is 0 Å².